The SMILES string of the molecule is CCOc1ccc([C@@H]2SC[C@H]3C(=O)N(c4ccc(F)cc4)C(=S)N32)cc1. The molecule has 2 aromatic carbocycles. The van der Waals surface area contributed by atoms with Crippen molar-refractivity contribution in [2.75, 3.05) is 17.3 Å². The molecule has 2 aliphatic heterocycles. The Bertz CT molecular complexity index is 842. The highest BCUT2D eigenvalue weighted by Crippen LogP contribution is 2.46. The minimum atomic E-state index is -0.338. The van der Waals surface area contributed by atoms with Crippen molar-refractivity contribution < 1.29 is 13.9 Å². The van der Waals surface area contributed by atoms with E-state index in [2.05, 4.69) is 0 Å². The van der Waals surface area contributed by atoms with E-state index in [1.807, 2.05) is 36.1 Å². The summed E-state index contributed by atoms with van der Waals surface area (Å²) in [5.41, 5.74) is 1.68. The summed E-state index contributed by atoms with van der Waals surface area (Å²) >= 11 is 7.32. The monoisotopic (exact) mass is 388 g/mol. The number of benzene rings is 2. The van der Waals surface area contributed by atoms with E-state index in [0.717, 1.165) is 11.3 Å². The first-order valence-electron chi connectivity index (χ1n) is 8.36. The number of halogens is 1. The summed E-state index contributed by atoms with van der Waals surface area (Å²) < 4.78 is 18.7. The van der Waals surface area contributed by atoms with E-state index in [0.29, 0.717) is 23.2 Å². The Morgan fingerprint density at radius 1 is 1.19 bits per heavy atom. The molecule has 4 nitrogen and oxygen atoms in total. The van der Waals surface area contributed by atoms with Crippen LogP contribution in [0.2, 0.25) is 0 Å². The van der Waals surface area contributed by atoms with Gasteiger partial charge in [-0.15, -0.1) is 11.8 Å². The molecule has 2 aliphatic rings. The number of fused-ring (bicyclic) bond motifs is 1. The third kappa shape index (κ3) is 2.85. The fourth-order valence-corrected chi connectivity index (χ4v) is 5.19. The Morgan fingerprint density at radius 2 is 1.88 bits per heavy atom. The van der Waals surface area contributed by atoms with Crippen molar-refractivity contribution in [2.45, 2.75) is 18.3 Å². The number of carbonyl (C=O) groups excluding carboxylic acids is 1. The maximum Gasteiger partial charge on any atom is 0.257 e. The summed E-state index contributed by atoms with van der Waals surface area (Å²) in [6, 6.07) is 13.5. The molecule has 0 aliphatic carbocycles. The number of carbonyl (C=O) groups is 1. The van der Waals surface area contributed by atoms with Crippen LogP contribution in [-0.4, -0.2) is 34.3 Å². The number of amides is 1. The Morgan fingerprint density at radius 3 is 2.54 bits per heavy atom. The van der Waals surface area contributed by atoms with Gasteiger partial charge in [0.15, 0.2) is 5.11 Å². The molecular formula is C19H17FN2O2S2. The molecule has 2 fully saturated rings. The van der Waals surface area contributed by atoms with E-state index in [-0.39, 0.29) is 23.1 Å². The molecule has 7 heteroatoms. The largest absolute Gasteiger partial charge is 0.494 e. The lowest BCUT2D eigenvalue weighted by Crippen LogP contribution is -2.33. The van der Waals surface area contributed by atoms with Gasteiger partial charge in [0.1, 0.15) is 23.0 Å². The van der Waals surface area contributed by atoms with Gasteiger partial charge in [-0.2, -0.15) is 0 Å². The van der Waals surface area contributed by atoms with Gasteiger partial charge >= 0.3 is 0 Å². The quantitative estimate of drug-likeness (QED) is 0.740. The zero-order valence-electron chi connectivity index (χ0n) is 14.1. The molecular weight excluding hydrogens is 371 g/mol. The van der Waals surface area contributed by atoms with Gasteiger partial charge in [0.25, 0.3) is 5.91 Å². The third-order valence-corrected chi connectivity index (χ3v) is 6.20. The molecule has 26 heavy (non-hydrogen) atoms. The van der Waals surface area contributed by atoms with Gasteiger partial charge in [-0.1, -0.05) is 12.1 Å². The lowest BCUT2D eigenvalue weighted by atomic mass is 10.2. The second kappa shape index (κ2) is 6.89. The van der Waals surface area contributed by atoms with Crippen molar-refractivity contribution in [1.82, 2.24) is 4.90 Å². The van der Waals surface area contributed by atoms with Gasteiger partial charge in [-0.25, -0.2) is 4.39 Å². The molecule has 0 unspecified atom stereocenters. The van der Waals surface area contributed by atoms with Crippen molar-refractivity contribution in [3.8, 4) is 5.75 Å². The highest BCUT2D eigenvalue weighted by molar-refractivity contribution is 7.99. The number of thioether (sulfide) groups is 1. The molecule has 0 spiro atoms. The summed E-state index contributed by atoms with van der Waals surface area (Å²) in [4.78, 5) is 16.4. The van der Waals surface area contributed by atoms with Gasteiger partial charge in [0.05, 0.1) is 12.3 Å². The topological polar surface area (TPSA) is 32.8 Å². The van der Waals surface area contributed by atoms with Crippen molar-refractivity contribution in [3.05, 3.63) is 59.9 Å². The Kier molecular flexibility index (Phi) is 4.58. The van der Waals surface area contributed by atoms with Crippen LogP contribution in [0.1, 0.15) is 17.9 Å². The molecule has 0 N–H and O–H groups in total. The molecule has 0 radical (unpaired) electrons. The molecule has 2 aromatic rings. The average molecular weight is 388 g/mol. The number of hydrogen-bond acceptors (Lipinski definition) is 4. The Labute approximate surface area is 160 Å². The minimum Gasteiger partial charge on any atom is -0.494 e. The Hall–Kier alpha value is -2.12. The summed E-state index contributed by atoms with van der Waals surface area (Å²) in [5, 5.41) is 0.452. The molecule has 2 heterocycles. The van der Waals surface area contributed by atoms with E-state index in [9.17, 15) is 9.18 Å². The number of anilines is 1. The van der Waals surface area contributed by atoms with E-state index < -0.39 is 0 Å². The molecule has 4 rings (SSSR count). The van der Waals surface area contributed by atoms with Crippen LogP contribution < -0.4 is 9.64 Å². The highest BCUT2D eigenvalue weighted by atomic mass is 32.2. The van der Waals surface area contributed by atoms with Crippen molar-refractivity contribution >= 4 is 40.7 Å². The zero-order valence-corrected chi connectivity index (χ0v) is 15.7. The summed E-state index contributed by atoms with van der Waals surface area (Å²) in [6.45, 7) is 2.57. The number of nitrogens with zero attached hydrogens (tertiary/aromatic N) is 2. The smallest absolute Gasteiger partial charge is 0.257 e. The van der Waals surface area contributed by atoms with Crippen LogP contribution in [0.4, 0.5) is 10.1 Å². The van der Waals surface area contributed by atoms with Crippen molar-refractivity contribution in [2.24, 2.45) is 0 Å². The van der Waals surface area contributed by atoms with Gasteiger partial charge in [0, 0.05) is 5.75 Å². The van der Waals surface area contributed by atoms with Gasteiger partial charge in [-0.3, -0.25) is 9.69 Å². The van der Waals surface area contributed by atoms with E-state index in [1.165, 1.54) is 17.0 Å². The maximum atomic E-state index is 13.2. The Balaban J connectivity index is 1.61. The second-order valence-corrected chi connectivity index (χ2v) is 7.52. The normalized spacial score (nSPS) is 22.1. The van der Waals surface area contributed by atoms with Crippen LogP contribution in [0.3, 0.4) is 0 Å². The van der Waals surface area contributed by atoms with Crippen molar-refractivity contribution in [1.29, 1.82) is 0 Å². The fraction of sp³-hybridized carbons (Fsp3) is 0.263. The highest BCUT2D eigenvalue weighted by Gasteiger charge is 2.50. The molecule has 0 saturated carbocycles. The maximum absolute atomic E-state index is 13.2. The first-order valence-corrected chi connectivity index (χ1v) is 9.82. The summed E-state index contributed by atoms with van der Waals surface area (Å²) in [6.07, 6.45) is 0. The van der Waals surface area contributed by atoms with E-state index in [4.69, 9.17) is 17.0 Å². The second-order valence-electron chi connectivity index (χ2n) is 6.04. The van der Waals surface area contributed by atoms with Crippen LogP contribution in [0.25, 0.3) is 0 Å². The number of hydrogen-bond donors (Lipinski definition) is 0. The number of thiocarbonyl (C=S) groups is 1. The van der Waals surface area contributed by atoms with Gasteiger partial charge < -0.3 is 9.64 Å². The first-order chi connectivity index (χ1) is 12.6. The fourth-order valence-electron chi connectivity index (χ4n) is 3.27. The molecule has 0 bridgehead atoms. The lowest BCUT2D eigenvalue weighted by Gasteiger charge is -2.25. The van der Waals surface area contributed by atoms with Crippen LogP contribution >= 0.6 is 24.0 Å². The molecule has 1 amide bonds. The number of rotatable bonds is 4. The molecule has 2 saturated heterocycles. The third-order valence-electron chi connectivity index (χ3n) is 4.48. The number of ether oxygens (including phenoxy) is 1. The van der Waals surface area contributed by atoms with E-state index >= 15 is 0 Å². The molecule has 0 aromatic heterocycles. The molecule has 134 valence electrons. The summed E-state index contributed by atoms with van der Waals surface area (Å²) in [7, 11) is 0. The van der Waals surface area contributed by atoms with E-state index in [1.54, 1.807) is 23.9 Å². The zero-order chi connectivity index (χ0) is 18.3. The van der Waals surface area contributed by atoms with Crippen molar-refractivity contribution in [3.63, 3.8) is 0 Å². The van der Waals surface area contributed by atoms with Gasteiger partial charge in [-0.05, 0) is 61.1 Å². The van der Waals surface area contributed by atoms with Crippen LogP contribution in [-0.2, 0) is 4.79 Å². The van der Waals surface area contributed by atoms with Crippen LogP contribution in [0.5, 0.6) is 5.75 Å². The predicted molar refractivity (Wildman–Crippen MR) is 105 cm³/mol. The van der Waals surface area contributed by atoms with Gasteiger partial charge in [0.2, 0.25) is 0 Å². The van der Waals surface area contributed by atoms with Crippen LogP contribution in [0.15, 0.2) is 48.5 Å². The standard InChI is InChI=1S/C19H17FN2O2S2/c1-2-24-15-9-3-12(4-10-15)18-22-16(11-26-18)17(23)21(19(22)25)14-7-5-13(20)6-8-14/h3-10,16,18H,2,11H2,1H3/t16-,18-/m0/s1. The predicted octanol–water partition coefficient (Wildman–Crippen LogP) is 3.97. The van der Waals surface area contributed by atoms with Crippen LogP contribution in [0, 0.1) is 5.82 Å². The summed E-state index contributed by atoms with van der Waals surface area (Å²) in [5.74, 6) is 1.11. The molecule has 2 atom stereocenters. The first kappa shape index (κ1) is 17.3. The lowest BCUT2D eigenvalue weighted by molar-refractivity contribution is -0.119. The average Bonchev–Trinajstić information content (AvgIpc) is 3.18. The minimum absolute atomic E-state index is 0.0161.